The Hall–Kier alpha value is -4.84. The smallest absolute Gasteiger partial charge is 0.256 e. The molecule has 0 spiro atoms. The second kappa shape index (κ2) is 16.6. The molecule has 2 aromatic heterocycles. The third-order valence-corrected chi connectivity index (χ3v) is 6.40. The third-order valence-electron chi connectivity index (χ3n) is 6.40. The molecule has 0 aliphatic rings. The van der Waals surface area contributed by atoms with Gasteiger partial charge in [0.15, 0.2) is 0 Å². The topological polar surface area (TPSA) is 144 Å². The minimum Gasteiger partial charge on any atom is -0.369 e. The van der Waals surface area contributed by atoms with Crippen LogP contribution in [0.1, 0.15) is 30.1 Å². The molecular formula is C31H41N9O3. The number of hydrogen-bond acceptors (Lipinski definition) is 9. The van der Waals surface area contributed by atoms with E-state index in [-0.39, 0.29) is 17.7 Å². The number of anilines is 3. The molecule has 43 heavy (non-hydrogen) atoms. The van der Waals surface area contributed by atoms with Gasteiger partial charge in [0.1, 0.15) is 17.4 Å². The fraction of sp³-hybridized carbons (Fsp3) is 0.355. The summed E-state index contributed by atoms with van der Waals surface area (Å²) in [7, 11) is 5.36. The normalized spacial score (nSPS) is 11.7. The number of aromatic nitrogens is 3. The molecule has 0 saturated heterocycles. The van der Waals surface area contributed by atoms with Crippen molar-refractivity contribution in [1.82, 2.24) is 35.4 Å². The number of pyridine rings is 1. The van der Waals surface area contributed by atoms with Crippen molar-refractivity contribution in [3.05, 3.63) is 73.2 Å². The first-order valence-corrected chi connectivity index (χ1v) is 14.2. The van der Waals surface area contributed by atoms with Crippen molar-refractivity contribution in [1.29, 1.82) is 0 Å². The highest BCUT2D eigenvalue weighted by Gasteiger charge is 2.22. The van der Waals surface area contributed by atoms with Crippen LogP contribution in [0.2, 0.25) is 0 Å². The molecule has 2 heterocycles. The maximum absolute atomic E-state index is 13.0. The van der Waals surface area contributed by atoms with Gasteiger partial charge in [-0.3, -0.25) is 19.4 Å². The number of nitrogens with one attached hydrogen (secondary N) is 4. The maximum Gasteiger partial charge on any atom is 0.256 e. The molecule has 1 aromatic carbocycles. The van der Waals surface area contributed by atoms with E-state index in [4.69, 9.17) is 0 Å². The predicted octanol–water partition coefficient (Wildman–Crippen LogP) is 2.96. The van der Waals surface area contributed by atoms with Crippen LogP contribution in [-0.4, -0.2) is 95.8 Å². The number of carbonyl (C=O) groups excluding carboxylic acids is 3. The molecule has 0 aliphatic carbocycles. The number of nitrogens with zero attached hydrogens (tertiary/aromatic N) is 5. The fourth-order valence-corrected chi connectivity index (χ4v) is 4.04. The predicted molar refractivity (Wildman–Crippen MR) is 170 cm³/mol. The Labute approximate surface area is 252 Å². The Bertz CT molecular complexity index is 1440. The van der Waals surface area contributed by atoms with E-state index in [1.54, 1.807) is 25.5 Å². The fourth-order valence-electron chi connectivity index (χ4n) is 4.04. The van der Waals surface area contributed by atoms with Crippen LogP contribution >= 0.6 is 0 Å². The Kier molecular flexibility index (Phi) is 12.6. The zero-order valence-electron chi connectivity index (χ0n) is 25.3. The molecule has 3 aromatic rings. The highest BCUT2D eigenvalue weighted by molar-refractivity contribution is 5.98. The number of likely N-dealkylation sites (N-methyl/N-ethyl adjacent to an activating group) is 2. The molecule has 0 fully saturated rings. The standard InChI is InChI=1S/C31H41N9O3/c1-6-14-33-28-25(21-36-31(38-28)37-24-12-11-23-20-32-17-13-22(23)19-24)29(42)34-15-9-16-35-30(43)26(7-2)40(5)27(41)10-8-18-39(3)4/h7-8,10-13,17,19-21,26H,2,6,9,14-16,18H2,1,3-5H3,(H,34,42)(H,35,43)(H2,33,36,37,38)/b10-8+/t26-/m0/s1. The summed E-state index contributed by atoms with van der Waals surface area (Å²) in [5.41, 5.74) is 1.14. The number of hydrogen-bond donors (Lipinski definition) is 4. The summed E-state index contributed by atoms with van der Waals surface area (Å²) >= 11 is 0. The summed E-state index contributed by atoms with van der Waals surface area (Å²) in [4.78, 5) is 54.3. The molecule has 1 atom stereocenters. The van der Waals surface area contributed by atoms with E-state index in [2.05, 4.69) is 42.8 Å². The van der Waals surface area contributed by atoms with Crippen molar-refractivity contribution in [2.45, 2.75) is 25.8 Å². The molecule has 0 aliphatic heterocycles. The summed E-state index contributed by atoms with van der Waals surface area (Å²) in [6.45, 7) is 7.60. The van der Waals surface area contributed by atoms with Gasteiger partial charge in [-0.2, -0.15) is 4.98 Å². The van der Waals surface area contributed by atoms with E-state index in [1.807, 2.05) is 50.2 Å². The first kappa shape index (κ1) is 32.7. The van der Waals surface area contributed by atoms with Crippen LogP contribution in [0, 0.1) is 0 Å². The third kappa shape index (κ3) is 9.89. The molecule has 0 radical (unpaired) electrons. The van der Waals surface area contributed by atoms with Crippen molar-refractivity contribution < 1.29 is 14.4 Å². The van der Waals surface area contributed by atoms with Gasteiger partial charge < -0.3 is 31.1 Å². The van der Waals surface area contributed by atoms with Gasteiger partial charge in [0.05, 0.1) is 0 Å². The van der Waals surface area contributed by atoms with Crippen LogP contribution in [0.25, 0.3) is 10.8 Å². The van der Waals surface area contributed by atoms with E-state index in [0.29, 0.717) is 49.9 Å². The van der Waals surface area contributed by atoms with Gasteiger partial charge in [0, 0.05) is 69.0 Å². The second-order valence-electron chi connectivity index (χ2n) is 10.1. The number of fused-ring (bicyclic) bond motifs is 1. The van der Waals surface area contributed by atoms with E-state index in [9.17, 15) is 14.4 Å². The summed E-state index contributed by atoms with van der Waals surface area (Å²) in [5.74, 6) is -0.173. The molecule has 12 nitrogen and oxygen atoms in total. The van der Waals surface area contributed by atoms with Gasteiger partial charge >= 0.3 is 0 Å². The van der Waals surface area contributed by atoms with E-state index in [1.165, 1.54) is 23.2 Å². The summed E-state index contributed by atoms with van der Waals surface area (Å²) < 4.78 is 0. The van der Waals surface area contributed by atoms with Crippen molar-refractivity contribution in [2.24, 2.45) is 0 Å². The summed E-state index contributed by atoms with van der Waals surface area (Å²) in [6, 6.07) is 6.98. The van der Waals surface area contributed by atoms with Gasteiger partial charge in [-0.15, -0.1) is 6.58 Å². The molecule has 4 N–H and O–H groups in total. The maximum atomic E-state index is 13.0. The van der Waals surface area contributed by atoms with Gasteiger partial charge in [0.25, 0.3) is 5.91 Å². The molecule has 0 unspecified atom stereocenters. The quantitative estimate of drug-likeness (QED) is 0.113. The largest absolute Gasteiger partial charge is 0.369 e. The van der Waals surface area contributed by atoms with Crippen LogP contribution in [-0.2, 0) is 9.59 Å². The lowest BCUT2D eigenvalue weighted by Gasteiger charge is -2.23. The van der Waals surface area contributed by atoms with Crippen LogP contribution in [0.3, 0.4) is 0 Å². The average molecular weight is 588 g/mol. The molecule has 12 heteroatoms. The van der Waals surface area contributed by atoms with Gasteiger partial charge in [-0.25, -0.2) is 4.98 Å². The Morgan fingerprint density at radius 1 is 1.02 bits per heavy atom. The number of benzene rings is 1. The van der Waals surface area contributed by atoms with Crippen molar-refractivity contribution in [3.63, 3.8) is 0 Å². The highest BCUT2D eigenvalue weighted by atomic mass is 16.2. The highest BCUT2D eigenvalue weighted by Crippen LogP contribution is 2.22. The Balaban J connectivity index is 1.53. The van der Waals surface area contributed by atoms with Gasteiger partial charge in [0.2, 0.25) is 17.8 Å². The van der Waals surface area contributed by atoms with Crippen LogP contribution in [0.5, 0.6) is 0 Å². The average Bonchev–Trinajstić information content (AvgIpc) is 2.99. The molecule has 3 rings (SSSR count). The summed E-state index contributed by atoms with van der Waals surface area (Å²) in [5, 5.41) is 14.1. The van der Waals surface area contributed by atoms with E-state index >= 15 is 0 Å². The number of amides is 3. The van der Waals surface area contributed by atoms with Crippen LogP contribution in [0.4, 0.5) is 17.5 Å². The summed E-state index contributed by atoms with van der Waals surface area (Å²) in [6.07, 6.45) is 11.0. The zero-order valence-corrected chi connectivity index (χ0v) is 25.3. The molecule has 3 amide bonds. The lowest BCUT2D eigenvalue weighted by molar-refractivity contribution is -0.133. The number of carbonyl (C=O) groups is 3. The monoisotopic (exact) mass is 587 g/mol. The van der Waals surface area contributed by atoms with Gasteiger partial charge in [-0.1, -0.05) is 25.1 Å². The molecule has 0 bridgehead atoms. The second-order valence-corrected chi connectivity index (χ2v) is 10.1. The first-order valence-electron chi connectivity index (χ1n) is 14.2. The van der Waals surface area contributed by atoms with Crippen molar-refractivity contribution >= 4 is 45.9 Å². The minimum atomic E-state index is -0.811. The zero-order chi connectivity index (χ0) is 31.2. The van der Waals surface area contributed by atoms with E-state index < -0.39 is 6.04 Å². The molecular weight excluding hydrogens is 546 g/mol. The Morgan fingerprint density at radius 3 is 2.56 bits per heavy atom. The van der Waals surface area contributed by atoms with Crippen LogP contribution < -0.4 is 21.3 Å². The van der Waals surface area contributed by atoms with E-state index in [0.717, 1.165) is 22.9 Å². The number of rotatable bonds is 16. The van der Waals surface area contributed by atoms with Crippen LogP contribution in [0.15, 0.2) is 67.7 Å². The lowest BCUT2D eigenvalue weighted by Crippen LogP contribution is -2.46. The first-order chi connectivity index (χ1) is 20.7. The molecule has 228 valence electrons. The van der Waals surface area contributed by atoms with Crippen molar-refractivity contribution in [3.8, 4) is 0 Å². The Morgan fingerprint density at radius 2 is 1.81 bits per heavy atom. The SMILES string of the molecule is C=C[C@@H](C(=O)NCCCNC(=O)c1cnc(Nc2ccc3cnccc3c2)nc1NCCC)N(C)C(=O)/C=C/CN(C)C. The minimum absolute atomic E-state index is 0.292. The molecule has 0 saturated carbocycles. The van der Waals surface area contributed by atoms with Gasteiger partial charge in [-0.05, 0) is 50.5 Å². The lowest BCUT2D eigenvalue weighted by atomic mass is 10.1. The van der Waals surface area contributed by atoms with Crippen molar-refractivity contribution in [2.75, 3.05) is 58.0 Å².